The van der Waals surface area contributed by atoms with Crippen LogP contribution in [0.15, 0.2) is 0 Å². The van der Waals surface area contributed by atoms with E-state index in [0.29, 0.717) is 0 Å². The summed E-state index contributed by atoms with van der Waals surface area (Å²) in [4.78, 5) is 12.7. The van der Waals surface area contributed by atoms with Gasteiger partial charge < -0.3 is 4.90 Å². The molecule has 0 aromatic rings. The molecule has 0 spiro atoms. The first kappa shape index (κ1) is 13.0. The third-order valence-corrected chi connectivity index (χ3v) is 4.95. The number of nitriles is 1. The van der Waals surface area contributed by atoms with Gasteiger partial charge in [-0.1, -0.05) is 13.8 Å². The van der Waals surface area contributed by atoms with Gasteiger partial charge in [-0.05, 0) is 5.92 Å². The van der Waals surface area contributed by atoms with Gasteiger partial charge in [-0.3, -0.25) is 4.79 Å². The van der Waals surface area contributed by atoms with E-state index in [1.165, 1.54) is 4.90 Å². The summed E-state index contributed by atoms with van der Waals surface area (Å²) in [6.45, 7) is 4.20. The number of carbonyl (C=O) groups excluding carboxylic acids is 1. The van der Waals surface area contributed by atoms with Crippen LogP contribution in [0.5, 0.6) is 0 Å². The zero-order valence-corrected chi connectivity index (χ0v) is 10.3. The van der Waals surface area contributed by atoms with Crippen molar-refractivity contribution < 1.29 is 13.2 Å². The number of hydrogen-bond donors (Lipinski definition) is 0. The number of amides is 1. The van der Waals surface area contributed by atoms with Crippen LogP contribution in [0.25, 0.3) is 0 Å². The number of sulfone groups is 1. The molecular weight excluding hydrogens is 228 g/mol. The maximum absolute atomic E-state index is 11.7. The fourth-order valence-corrected chi connectivity index (χ4v) is 3.66. The Labute approximate surface area is 96.0 Å². The monoisotopic (exact) mass is 244 g/mol. The van der Waals surface area contributed by atoms with E-state index in [4.69, 9.17) is 5.26 Å². The Balaban J connectivity index is 2.47. The Bertz CT molecular complexity index is 402. The lowest BCUT2D eigenvalue weighted by atomic mass is 10.2. The molecule has 0 aromatic carbocycles. The Morgan fingerprint density at radius 3 is 2.50 bits per heavy atom. The molecule has 1 heterocycles. The molecular formula is C10H16N2O3S. The summed E-state index contributed by atoms with van der Waals surface area (Å²) in [5.41, 5.74) is 0. The van der Waals surface area contributed by atoms with Crippen LogP contribution in [0.3, 0.4) is 0 Å². The van der Waals surface area contributed by atoms with Gasteiger partial charge in [0.1, 0.15) is 6.42 Å². The number of carbonyl (C=O) groups is 1. The Morgan fingerprint density at radius 1 is 1.50 bits per heavy atom. The minimum Gasteiger partial charge on any atom is -0.339 e. The van der Waals surface area contributed by atoms with Crippen LogP contribution in [0.4, 0.5) is 0 Å². The first-order valence-corrected chi connectivity index (χ1v) is 6.94. The number of hydrogen-bond acceptors (Lipinski definition) is 4. The van der Waals surface area contributed by atoms with Crippen molar-refractivity contribution >= 4 is 15.7 Å². The molecule has 6 heteroatoms. The quantitative estimate of drug-likeness (QED) is 0.706. The highest BCUT2D eigenvalue weighted by atomic mass is 32.2. The minimum absolute atomic E-state index is 0.105. The van der Waals surface area contributed by atoms with E-state index in [9.17, 15) is 13.2 Å². The second-order valence-electron chi connectivity index (χ2n) is 4.48. The SMILES string of the molecule is CC(C)CS(=O)(=O)C1CN(C(=O)CC#N)C1. The van der Waals surface area contributed by atoms with Crippen LogP contribution in [0, 0.1) is 17.2 Å². The topological polar surface area (TPSA) is 78.2 Å². The Morgan fingerprint density at radius 2 is 2.06 bits per heavy atom. The van der Waals surface area contributed by atoms with Crippen molar-refractivity contribution in [3.8, 4) is 6.07 Å². The van der Waals surface area contributed by atoms with Gasteiger partial charge in [0.25, 0.3) is 0 Å². The summed E-state index contributed by atoms with van der Waals surface area (Å²) in [5, 5.41) is 7.90. The summed E-state index contributed by atoms with van der Waals surface area (Å²) in [6, 6.07) is 1.76. The van der Waals surface area contributed by atoms with Crippen LogP contribution >= 0.6 is 0 Å². The Hall–Kier alpha value is -1.09. The summed E-state index contributed by atoms with van der Waals surface area (Å²) < 4.78 is 23.5. The van der Waals surface area contributed by atoms with E-state index in [1.54, 1.807) is 6.07 Å². The van der Waals surface area contributed by atoms with Gasteiger partial charge in [-0.2, -0.15) is 5.26 Å². The van der Waals surface area contributed by atoms with E-state index in [1.807, 2.05) is 13.8 Å². The lowest BCUT2D eigenvalue weighted by Gasteiger charge is -2.38. The lowest BCUT2D eigenvalue weighted by molar-refractivity contribution is -0.133. The summed E-state index contributed by atoms with van der Waals surface area (Å²) in [6.07, 6.45) is -0.170. The molecule has 0 aliphatic carbocycles. The highest BCUT2D eigenvalue weighted by molar-refractivity contribution is 7.92. The predicted octanol–water partition coefficient (Wildman–Crippen LogP) is 0.182. The van der Waals surface area contributed by atoms with Crippen molar-refractivity contribution in [3.63, 3.8) is 0 Å². The van der Waals surface area contributed by atoms with E-state index < -0.39 is 15.1 Å². The number of likely N-dealkylation sites (tertiary alicyclic amines) is 1. The highest BCUT2D eigenvalue weighted by Crippen LogP contribution is 2.19. The molecule has 1 saturated heterocycles. The van der Waals surface area contributed by atoms with E-state index in [0.717, 1.165) is 0 Å². The molecule has 0 radical (unpaired) electrons. The van der Waals surface area contributed by atoms with Gasteiger partial charge in [-0.25, -0.2) is 8.42 Å². The van der Waals surface area contributed by atoms with Crippen LogP contribution < -0.4 is 0 Å². The van der Waals surface area contributed by atoms with Crippen molar-refractivity contribution in [1.29, 1.82) is 5.26 Å². The molecule has 0 aromatic heterocycles. The van der Waals surface area contributed by atoms with Crippen LogP contribution in [-0.4, -0.2) is 43.3 Å². The van der Waals surface area contributed by atoms with Crippen LogP contribution in [0.1, 0.15) is 20.3 Å². The van der Waals surface area contributed by atoms with Crippen molar-refractivity contribution in [1.82, 2.24) is 4.90 Å². The summed E-state index contributed by atoms with van der Waals surface area (Å²) >= 11 is 0. The van der Waals surface area contributed by atoms with Gasteiger partial charge in [0.15, 0.2) is 9.84 Å². The molecule has 90 valence electrons. The molecule has 0 saturated carbocycles. The molecule has 0 bridgehead atoms. The van der Waals surface area contributed by atoms with Crippen molar-refractivity contribution in [2.24, 2.45) is 5.92 Å². The third-order valence-electron chi connectivity index (χ3n) is 2.50. The maximum Gasteiger partial charge on any atom is 0.236 e. The molecule has 1 aliphatic heterocycles. The van der Waals surface area contributed by atoms with Crippen LogP contribution in [-0.2, 0) is 14.6 Å². The predicted molar refractivity (Wildman–Crippen MR) is 59.2 cm³/mol. The standard InChI is InChI=1S/C10H16N2O3S/c1-8(2)7-16(14,15)9-5-12(6-9)10(13)3-4-11/h8-9H,3,5-7H2,1-2H3. The molecule has 1 fully saturated rings. The third kappa shape index (κ3) is 2.95. The van der Waals surface area contributed by atoms with Gasteiger partial charge >= 0.3 is 0 Å². The molecule has 5 nitrogen and oxygen atoms in total. The average molecular weight is 244 g/mol. The van der Waals surface area contributed by atoms with Crippen molar-refractivity contribution in [3.05, 3.63) is 0 Å². The van der Waals surface area contributed by atoms with Crippen LogP contribution in [0.2, 0.25) is 0 Å². The zero-order chi connectivity index (χ0) is 12.3. The number of nitrogens with zero attached hydrogens (tertiary/aromatic N) is 2. The summed E-state index contributed by atoms with van der Waals surface area (Å²) in [7, 11) is -3.08. The molecule has 16 heavy (non-hydrogen) atoms. The van der Waals surface area contributed by atoms with Gasteiger partial charge in [-0.15, -0.1) is 0 Å². The van der Waals surface area contributed by atoms with Crippen molar-refractivity contribution in [2.75, 3.05) is 18.8 Å². The molecule has 1 aliphatic rings. The van der Waals surface area contributed by atoms with Crippen molar-refractivity contribution in [2.45, 2.75) is 25.5 Å². The molecule has 0 N–H and O–H groups in total. The first-order chi connectivity index (χ1) is 7.36. The van der Waals surface area contributed by atoms with Gasteiger partial charge in [0.05, 0.1) is 17.1 Å². The molecule has 1 amide bonds. The van der Waals surface area contributed by atoms with E-state index in [-0.39, 0.29) is 37.1 Å². The normalized spacial score (nSPS) is 17.0. The minimum atomic E-state index is -3.08. The smallest absolute Gasteiger partial charge is 0.236 e. The lowest BCUT2D eigenvalue weighted by Crippen LogP contribution is -2.57. The van der Waals surface area contributed by atoms with E-state index >= 15 is 0 Å². The second-order valence-corrected chi connectivity index (χ2v) is 6.80. The fraction of sp³-hybridized carbons (Fsp3) is 0.800. The zero-order valence-electron chi connectivity index (χ0n) is 9.51. The fourth-order valence-electron chi connectivity index (χ4n) is 1.65. The number of rotatable bonds is 4. The highest BCUT2D eigenvalue weighted by Gasteiger charge is 2.39. The maximum atomic E-state index is 11.7. The largest absolute Gasteiger partial charge is 0.339 e. The molecule has 0 atom stereocenters. The second kappa shape index (κ2) is 4.83. The van der Waals surface area contributed by atoms with Gasteiger partial charge in [0, 0.05) is 13.1 Å². The first-order valence-electron chi connectivity index (χ1n) is 5.23. The average Bonchev–Trinajstić information content (AvgIpc) is 1.97. The Kier molecular flexibility index (Phi) is 3.92. The van der Waals surface area contributed by atoms with E-state index in [2.05, 4.69) is 0 Å². The van der Waals surface area contributed by atoms with Gasteiger partial charge in [0.2, 0.25) is 5.91 Å². The summed E-state index contributed by atoms with van der Waals surface area (Å²) in [5.74, 6) is -0.00911. The molecule has 0 unspecified atom stereocenters. The molecule has 1 rings (SSSR count).